The number of piperazine rings is 1. The summed E-state index contributed by atoms with van der Waals surface area (Å²) >= 11 is 0. The molecule has 0 unspecified atom stereocenters. The highest BCUT2D eigenvalue weighted by Gasteiger charge is 2.27. The first kappa shape index (κ1) is 21.2. The fraction of sp³-hybridized carbons (Fsp3) is 0.273. The number of carbonyl (C=O) groups excluding carboxylic acids is 2. The van der Waals surface area contributed by atoms with Crippen LogP contribution in [-0.4, -0.2) is 71.9 Å². The van der Waals surface area contributed by atoms with Crippen LogP contribution in [0.3, 0.4) is 0 Å². The van der Waals surface area contributed by atoms with Gasteiger partial charge in [0.2, 0.25) is 0 Å². The highest BCUT2D eigenvalue weighted by atomic mass is 16.6. The first-order valence-electron chi connectivity index (χ1n) is 9.98. The number of H-pyrrole nitrogens is 1. The molecule has 10 nitrogen and oxygen atoms in total. The van der Waals surface area contributed by atoms with E-state index in [1.54, 1.807) is 40.3 Å². The van der Waals surface area contributed by atoms with Gasteiger partial charge in [-0.3, -0.25) is 19.7 Å². The Morgan fingerprint density at radius 3 is 2.09 bits per heavy atom. The van der Waals surface area contributed by atoms with Crippen molar-refractivity contribution in [1.82, 2.24) is 14.8 Å². The smallest absolute Gasteiger partial charge is 0.270 e. The van der Waals surface area contributed by atoms with Crippen LogP contribution in [0, 0.1) is 10.1 Å². The van der Waals surface area contributed by atoms with E-state index in [-0.39, 0.29) is 17.5 Å². The molecule has 0 aliphatic carbocycles. The number of hydrogen-bond donors (Lipinski definition) is 1. The Morgan fingerprint density at radius 2 is 1.53 bits per heavy atom. The van der Waals surface area contributed by atoms with Crippen molar-refractivity contribution in [1.29, 1.82) is 0 Å². The molecule has 1 aliphatic rings. The van der Waals surface area contributed by atoms with Gasteiger partial charge in [0.25, 0.3) is 17.5 Å². The lowest BCUT2D eigenvalue weighted by Crippen LogP contribution is -2.50. The minimum absolute atomic E-state index is 0.0738. The number of nitrogens with one attached hydrogen (secondary N) is 1. The zero-order chi connectivity index (χ0) is 22.8. The Bertz CT molecular complexity index is 1170. The van der Waals surface area contributed by atoms with Crippen LogP contribution in [0.2, 0.25) is 0 Å². The molecule has 2 aromatic carbocycles. The second-order valence-electron chi connectivity index (χ2n) is 7.38. The second kappa shape index (κ2) is 8.58. The number of methoxy groups -OCH3 is 2. The molecule has 2 heterocycles. The Hall–Kier alpha value is -4.08. The number of carbonyl (C=O) groups is 2. The Labute approximate surface area is 183 Å². The third-order valence-electron chi connectivity index (χ3n) is 5.56. The van der Waals surface area contributed by atoms with Gasteiger partial charge >= 0.3 is 0 Å². The van der Waals surface area contributed by atoms with E-state index in [0.29, 0.717) is 59.7 Å². The molecule has 0 bridgehead atoms. The summed E-state index contributed by atoms with van der Waals surface area (Å²) in [5, 5.41) is 11.6. The molecule has 0 atom stereocenters. The molecule has 10 heteroatoms. The number of benzene rings is 2. The fourth-order valence-corrected chi connectivity index (χ4v) is 3.80. The van der Waals surface area contributed by atoms with Crippen LogP contribution in [0.25, 0.3) is 10.9 Å². The highest BCUT2D eigenvalue weighted by molar-refractivity contribution is 6.07. The summed E-state index contributed by atoms with van der Waals surface area (Å²) in [4.78, 5) is 43.0. The van der Waals surface area contributed by atoms with Gasteiger partial charge in [-0.15, -0.1) is 0 Å². The zero-order valence-electron chi connectivity index (χ0n) is 17.7. The van der Waals surface area contributed by atoms with Crippen molar-refractivity contribution in [3.8, 4) is 11.5 Å². The van der Waals surface area contributed by atoms with Gasteiger partial charge in [-0.2, -0.15) is 0 Å². The summed E-state index contributed by atoms with van der Waals surface area (Å²) in [6, 6.07) is 9.38. The predicted molar refractivity (Wildman–Crippen MR) is 116 cm³/mol. The molecule has 3 aromatic rings. The van der Waals surface area contributed by atoms with Crippen LogP contribution in [0.15, 0.2) is 42.6 Å². The maximum absolute atomic E-state index is 13.1. The monoisotopic (exact) mass is 438 g/mol. The van der Waals surface area contributed by atoms with Gasteiger partial charge in [0, 0.05) is 67.0 Å². The molecule has 1 aliphatic heterocycles. The van der Waals surface area contributed by atoms with Crippen LogP contribution in [0.1, 0.15) is 20.7 Å². The summed E-state index contributed by atoms with van der Waals surface area (Å²) in [5.74, 6) is 0.647. The molecule has 32 heavy (non-hydrogen) atoms. The zero-order valence-corrected chi connectivity index (χ0v) is 17.7. The Morgan fingerprint density at radius 1 is 0.938 bits per heavy atom. The topological polar surface area (TPSA) is 118 Å². The third kappa shape index (κ3) is 3.94. The van der Waals surface area contributed by atoms with Crippen molar-refractivity contribution < 1.29 is 24.0 Å². The molecule has 0 spiro atoms. The largest absolute Gasteiger partial charge is 0.497 e. The molecule has 0 radical (unpaired) electrons. The Kier molecular flexibility index (Phi) is 5.67. The number of aromatic amines is 1. The average molecular weight is 438 g/mol. The van der Waals surface area contributed by atoms with Gasteiger partial charge in [0.15, 0.2) is 0 Å². The van der Waals surface area contributed by atoms with Crippen LogP contribution in [0.5, 0.6) is 11.5 Å². The molecule has 1 N–H and O–H groups in total. The van der Waals surface area contributed by atoms with Gasteiger partial charge in [0.1, 0.15) is 11.5 Å². The number of hydrogen-bond acceptors (Lipinski definition) is 6. The standard InChI is InChI=1S/C22H22N4O6/c1-31-16-9-14(10-17(12-16)32-2)21(27)24-5-7-25(8-6-24)22(28)19-13-23-20-4-3-15(26(29)30)11-18(19)20/h3-4,9-13,23H,5-8H2,1-2H3. The first-order chi connectivity index (χ1) is 15.4. The molecule has 1 saturated heterocycles. The normalized spacial score (nSPS) is 13.8. The van der Waals surface area contributed by atoms with Gasteiger partial charge in [0.05, 0.1) is 24.7 Å². The van der Waals surface area contributed by atoms with Crippen molar-refractivity contribution in [3.63, 3.8) is 0 Å². The molecule has 4 rings (SSSR count). The predicted octanol–water partition coefficient (Wildman–Crippen LogP) is 2.69. The third-order valence-corrected chi connectivity index (χ3v) is 5.56. The van der Waals surface area contributed by atoms with Crippen molar-refractivity contribution in [3.05, 3.63) is 63.8 Å². The van der Waals surface area contributed by atoms with E-state index in [9.17, 15) is 19.7 Å². The highest BCUT2D eigenvalue weighted by Crippen LogP contribution is 2.26. The SMILES string of the molecule is COc1cc(OC)cc(C(=O)N2CCN(C(=O)c3c[nH]c4ccc([N+](=O)[O-])cc34)CC2)c1. The lowest BCUT2D eigenvalue weighted by molar-refractivity contribution is -0.384. The van der Waals surface area contributed by atoms with E-state index in [2.05, 4.69) is 4.98 Å². The first-order valence-corrected chi connectivity index (χ1v) is 9.98. The minimum atomic E-state index is -0.487. The molecule has 1 aromatic heterocycles. The number of aromatic nitrogens is 1. The van der Waals surface area contributed by atoms with Crippen LogP contribution < -0.4 is 9.47 Å². The summed E-state index contributed by atoms with van der Waals surface area (Å²) < 4.78 is 10.5. The maximum Gasteiger partial charge on any atom is 0.270 e. The number of ether oxygens (including phenoxy) is 2. The van der Waals surface area contributed by atoms with Crippen molar-refractivity contribution in [2.45, 2.75) is 0 Å². The molecule has 166 valence electrons. The van der Waals surface area contributed by atoms with Crippen LogP contribution in [0.4, 0.5) is 5.69 Å². The van der Waals surface area contributed by atoms with E-state index in [4.69, 9.17) is 9.47 Å². The quantitative estimate of drug-likeness (QED) is 0.483. The van der Waals surface area contributed by atoms with Crippen molar-refractivity contribution in [2.24, 2.45) is 0 Å². The fourth-order valence-electron chi connectivity index (χ4n) is 3.80. The number of non-ortho nitro benzene ring substituents is 1. The van der Waals surface area contributed by atoms with E-state index in [1.807, 2.05) is 0 Å². The summed E-state index contributed by atoms with van der Waals surface area (Å²) in [5.41, 5.74) is 1.40. The van der Waals surface area contributed by atoms with Crippen LogP contribution in [-0.2, 0) is 0 Å². The van der Waals surface area contributed by atoms with Gasteiger partial charge in [-0.1, -0.05) is 0 Å². The van der Waals surface area contributed by atoms with E-state index in [1.165, 1.54) is 26.4 Å². The summed E-state index contributed by atoms with van der Waals surface area (Å²) in [7, 11) is 3.04. The summed E-state index contributed by atoms with van der Waals surface area (Å²) in [6.45, 7) is 1.44. The van der Waals surface area contributed by atoms with Crippen molar-refractivity contribution in [2.75, 3.05) is 40.4 Å². The summed E-state index contributed by atoms with van der Waals surface area (Å²) in [6.07, 6.45) is 1.57. The van der Waals surface area contributed by atoms with E-state index >= 15 is 0 Å². The van der Waals surface area contributed by atoms with E-state index < -0.39 is 4.92 Å². The van der Waals surface area contributed by atoms with Crippen LogP contribution >= 0.6 is 0 Å². The van der Waals surface area contributed by atoms with E-state index in [0.717, 1.165) is 0 Å². The van der Waals surface area contributed by atoms with Gasteiger partial charge in [-0.25, -0.2) is 0 Å². The lowest BCUT2D eigenvalue weighted by atomic mass is 10.1. The van der Waals surface area contributed by atoms with Gasteiger partial charge < -0.3 is 24.3 Å². The average Bonchev–Trinajstić information content (AvgIpc) is 3.26. The molecule has 1 fully saturated rings. The number of rotatable bonds is 5. The Balaban J connectivity index is 1.48. The minimum Gasteiger partial charge on any atom is -0.497 e. The number of nitrogens with zero attached hydrogens (tertiary/aromatic N) is 3. The van der Waals surface area contributed by atoms with Crippen molar-refractivity contribution >= 4 is 28.4 Å². The lowest BCUT2D eigenvalue weighted by Gasteiger charge is -2.34. The molecule has 0 saturated carbocycles. The number of nitro groups is 1. The number of amides is 2. The molecular weight excluding hydrogens is 416 g/mol. The maximum atomic E-state index is 13.1. The van der Waals surface area contributed by atoms with Gasteiger partial charge in [-0.05, 0) is 18.2 Å². The molecule has 2 amide bonds. The number of fused-ring (bicyclic) bond motifs is 1. The molecular formula is C22H22N4O6. The number of nitro benzene ring substituents is 1. The second-order valence-corrected chi connectivity index (χ2v) is 7.38.